The lowest BCUT2D eigenvalue weighted by Crippen LogP contribution is -2.35. The number of nitrogens with zero attached hydrogens (tertiary/aromatic N) is 1. The van der Waals surface area contributed by atoms with Crippen LogP contribution in [0.2, 0.25) is 0 Å². The Bertz CT molecular complexity index is 607. The number of hydrogen-bond acceptors (Lipinski definition) is 3. The van der Waals surface area contributed by atoms with Crippen LogP contribution in [0.25, 0.3) is 10.9 Å². The van der Waals surface area contributed by atoms with Crippen molar-refractivity contribution in [1.29, 1.82) is 0 Å². The predicted octanol–water partition coefficient (Wildman–Crippen LogP) is 2.27. The van der Waals surface area contributed by atoms with Gasteiger partial charge in [-0.15, -0.1) is 0 Å². The summed E-state index contributed by atoms with van der Waals surface area (Å²) >= 11 is 0. The van der Waals surface area contributed by atoms with Crippen molar-refractivity contribution in [2.75, 3.05) is 11.9 Å². The molecule has 0 saturated heterocycles. The minimum atomic E-state index is 0.0379. The second kappa shape index (κ2) is 5.63. The molecule has 1 aromatic carbocycles. The van der Waals surface area contributed by atoms with Gasteiger partial charge < -0.3 is 11.1 Å². The first kappa shape index (κ1) is 13.1. The number of nitrogens with one attached hydrogen (secondary N) is 2. The van der Waals surface area contributed by atoms with Crippen molar-refractivity contribution in [3.63, 3.8) is 0 Å². The number of H-pyrrole nitrogens is 1. The van der Waals surface area contributed by atoms with Gasteiger partial charge in [-0.1, -0.05) is 18.9 Å². The molecular weight excluding hydrogens is 252 g/mol. The van der Waals surface area contributed by atoms with Gasteiger partial charge >= 0.3 is 0 Å². The van der Waals surface area contributed by atoms with Gasteiger partial charge in [0.05, 0.1) is 17.4 Å². The molecule has 1 fully saturated rings. The van der Waals surface area contributed by atoms with E-state index in [1.165, 1.54) is 6.42 Å². The number of aromatic nitrogens is 2. The van der Waals surface area contributed by atoms with Crippen molar-refractivity contribution in [1.82, 2.24) is 10.2 Å². The van der Waals surface area contributed by atoms with Gasteiger partial charge in [0.15, 0.2) is 0 Å². The Balaban J connectivity index is 1.79. The van der Waals surface area contributed by atoms with Gasteiger partial charge in [0.25, 0.3) is 0 Å². The van der Waals surface area contributed by atoms with Crippen molar-refractivity contribution in [3.8, 4) is 0 Å². The number of nitrogens with two attached hydrogens (primary N) is 1. The highest BCUT2D eigenvalue weighted by Crippen LogP contribution is 2.31. The van der Waals surface area contributed by atoms with Gasteiger partial charge in [-0.25, -0.2) is 0 Å². The van der Waals surface area contributed by atoms with Crippen molar-refractivity contribution in [3.05, 3.63) is 24.4 Å². The molecule has 106 valence electrons. The van der Waals surface area contributed by atoms with Crippen LogP contribution in [-0.2, 0) is 4.79 Å². The first-order valence-electron chi connectivity index (χ1n) is 7.22. The van der Waals surface area contributed by atoms with Crippen LogP contribution in [0.3, 0.4) is 0 Å². The van der Waals surface area contributed by atoms with Crippen LogP contribution < -0.4 is 11.1 Å². The fraction of sp³-hybridized carbons (Fsp3) is 0.467. The van der Waals surface area contributed by atoms with E-state index in [1.807, 2.05) is 18.2 Å². The van der Waals surface area contributed by atoms with Crippen LogP contribution in [0.4, 0.5) is 5.69 Å². The second-order valence-electron chi connectivity index (χ2n) is 5.51. The Kier molecular flexibility index (Phi) is 3.69. The van der Waals surface area contributed by atoms with E-state index in [1.54, 1.807) is 6.20 Å². The molecule has 2 atom stereocenters. The zero-order valence-electron chi connectivity index (χ0n) is 11.4. The van der Waals surface area contributed by atoms with Gasteiger partial charge in [-0.3, -0.25) is 9.89 Å². The number of fused-ring (bicyclic) bond motifs is 1. The molecule has 4 N–H and O–H groups in total. The maximum Gasteiger partial charge on any atom is 0.227 e. The highest BCUT2D eigenvalue weighted by Gasteiger charge is 2.30. The van der Waals surface area contributed by atoms with Gasteiger partial charge in [-0.2, -0.15) is 5.10 Å². The molecule has 0 radical (unpaired) electrons. The number of carbonyl (C=O) groups is 1. The lowest BCUT2D eigenvalue weighted by molar-refractivity contribution is -0.122. The summed E-state index contributed by atoms with van der Waals surface area (Å²) in [6, 6.07) is 5.77. The first-order valence-corrected chi connectivity index (χ1v) is 7.22. The van der Waals surface area contributed by atoms with Crippen LogP contribution in [0.15, 0.2) is 24.4 Å². The summed E-state index contributed by atoms with van der Waals surface area (Å²) in [4.78, 5) is 12.5. The quantitative estimate of drug-likeness (QED) is 0.801. The summed E-state index contributed by atoms with van der Waals surface area (Å²) in [6.45, 7) is 0.591. The minimum Gasteiger partial charge on any atom is -0.330 e. The van der Waals surface area contributed by atoms with E-state index >= 15 is 0 Å². The van der Waals surface area contributed by atoms with E-state index in [0.717, 1.165) is 35.9 Å². The Hall–Kier alpha value is -1.88. The number of aromatic amines is 1. The van der Waals surface area contributed by atoms with Crippen LogP contribution in [0.5, 0.6) is 0 Å². The van der Waals surface area contributed by atoms with E-state index < -0.39 is 0 Å². The van der Waals surface area contributed by atoms with E-state index in [0.29, 0.717) is 12.5 Å². The van der Waals surface area contributed by atoms with Crippen molar-refractivity contribution >= 4 is 22.5 Å². The third-order valence-electron chi connectivity index (χ3n) is 4.29. The summed E-state index contributed by atoms with van der Waals surface area (Å²) in [7, 11) is 0. The molecule has 0 spiro atoms. The molecule has 1 amide bonds. The largest absolute Gasteiger partial charge is 0.330 e. The lowest BCUT2D eigenvalue weighted by Gasteiger charge is -2.29. The predicted molar refractivity (Wildman–Crippen MR) is 79.2 cm³/mol. The minimum absolute atomic E-state index is 0.0379. The number of carbonyl (C=O) groups excluding carboxylic acids is 1. The van der Waals surface area contributed by atoms with Crippen LogP contribution in [-0.4, -0.2) is 22.6 Å². The Morgan fingerprint density at radius 1 is 1.40 bits per heavy atom. The van der Waals surface area contributed by atoms with Crippen LogP contribution in [0.1, 0.15) is 25.7 Å². The Labute approximate surface area is 117 Å². The zero-order valence-corrected chi connectivity index (χ0v) is 11.4. The zero-order chi connectivity index (χ0) is 13.9. The molecule has 2 aromatic rings. The van der Waals surface area contributed by atoms with Crippen molar-refractivity contribution in [2.45, 2.75) is 25.7 Å². The summed E-state index contributed by atoms with van der Waals surface area (Å²) < 4.78 is 0. The van der Waals surface area contributed by atoms with Gasteiger partial charge in [-0.05, 0) is 37.4 Å². The van der Waals surface area contributed by atoms with Crippen molar-refractivity contribution < 1.29 is 4.79 Å². The Morgan fingerprint density at radius 3 is 3.10 bits per heavy atom. The molecule has 5 heteroatoms. The van der Waals surface area contributed by atoms with Gasteiger partial charge in [0.2, 0.25) is 5.91 Å². The number of anilines is 1. The molecule has 1 heterocycles. The van der Waals surface area contributed by atoms with E-state index in [4.69, 9.17) is 5.73 Å². The third kappa shape index (κ3) is 2.41. The standard InChI is InChI=1S/C15H20N4O/c16-8-10-4-1-2-5-11(10)15(20)18-13-6-3-7-14-12(13)9-17-19-14/h3,6-7,9-11H,1-2,4-5,8,16H2,(H,17,19)(H,18,20). The SMILES string of the molecule is NCC1CCCCC1C(=O)Nc1cccc2[nH]ncc12. The smallest absolute Gasteiger partial charge is 0.227 e. The fourth-order valence-corrected chi connectivity index (χ4v) is 3.14. The molecule has 20 heavy (non-hydrogen) atoms. The summed E-state index contributed by atoms with van der Waals surface area (Å²) in [5.41, 5.74) is 7.56. The molecule has 1 saturated carbocycles. The van der Waals surface area contributed by atoms with E-state index in [9.17, 15) is 4.79 Å². The fourth-order valence-electron chi connectivity index (χ4n) is 3.14. The lowest BCUT2D eigenvalue weighted by atomic mass is 9.78. The number of benzene rings is 1. The van der Waals surface area contributed by atoms with Crippen LogP contribution in [0, 0.1) is 11.8 Å². The molecule has 0 aliphatic heterocycles. The molecule has 1 aromatic heterocycles. The molecule has 1 aliphatic carbocycles. The second-order valence-corrected chi connectivity index (χ2v) is 5.51. The van der Waals surface area contributed by atoms with E-state index in [2.05, 4.69) is 15.5 Å². The first-order chi connectivity index (χ1) is 9.79. The topological polar surface area (TPSA) is 83.8 Å². The van der Waals surface area contributed by atoms with E-state index in [-0.39, 0.29) is 11.8 Å². The van der Waals surface area contributed by atoms with Gasteiger partial charge in [0.1, 0.15) is 0 Å². The average Bonchev–Trinajstić information content (AvgIpc) is 2.96. The summed E-state index contributed by atoms with van der Waals surface area (Å²) in [5.74, 6) is 0.442. The Morgan fingerprint density at radius 2 is 2.25 bits per heavy atom. The van der Waals surface area contributed by atoms with Crippen molar-refractivity contribution in [2.24, 2.45) is 17.6 Å². The maximum atomic E-state index is 12.5. The maximum absolute atomic E-state index is 12.5. The number of rotatable bonds is 3. The third-order valence-corrected chi connectivity index (χ3v) is 4.29. The average molecular weight is 272 g/mol. The highest BCUT2D eigenvalue weighted by molar-refractivity contribution is 6.01. The number of hydrogen-bond donors (Lipinski definition) is 3. The van der Waals surface area contributed by atoms with Gasteiger partial charge in [0, 0.05) is 11.3 Å². The highest BCUT2D eigenvalue weighted by atomic mass is 16.1. The molecule has 3 rings (SSSR count). The number of amides is 1. The summed E-state index contributed by atoms with van der Waals surface area (Å²) in [5, 5.41) is 10.9. The molecule has 5 nitrogen and oxygen atoms in total. The molecule has 0 bridgehead atoms. The molecular formula is C15H20N4O. The normalized spacial score (nSPS) is 22.9. The monoisotopic (exact) mass is 272 g/mol. The molecule has 2 unspecified atom stereocenters. The van der Waals surface area contributed by atoms with Crippen LogP contribution >= 0.6 is 0 Å². The molecule has 1 aliphatic rings. The summed E-state index contributed by atoms with van der Waals surface area (Å²) in [6.07, 6.45) is 6.04.